The zero-order valence-corrected chi connectivity index (χ0v) is 15.8. The van der Waals surface area contributed by atoms with E-state index in [-0.39, 0.29) is 21.8 Å². The second kappa shape index (κ2) is 7.37. The van der Waals surface area contributed by atoms with Gasteiger partial charge in [-0.3, -0.25) is 4.79 Å². The molecule has 7 heteroatoms. The summed E-state index contributed by atoms with van der Waals surface area (Å²) >= 11 is 0. The largest absolute Gasteiger partial charge is 0.508 e. The van der Waals surface area contributed by atoms with Crippen LogP contribution in [-0.4, -0.2) is 19.3 Å². The summed E-state index contributed by atoms with van der Waals surface area (Å²) in [4.78, 5) is 12.9. The summed E-state index contributed by atoms with van der Waals surface area (Å²) in [5.41, 5.74) is 0.623. The van der Waals surface area contributed by atoms with Gasteiger partial charge in [0.05, 0.1) is 10.3 Å². The third kappa shape index (κ3) is 3.81. The minimum absolute atomic E-state index is 0.0293. The number of hydrogen-bond donors (Lipinski definition) is 1. The van der Waals surface area contributed by atoms with Gasteiger partial charge in [0.15, 0.2) is 5.76 Å². The first kappa shape index (κ1) is 18.6. The molecule has 0 saturated carbocycles. The van der Waals surface area contributed by atoms with Crippen molar-refractivity contribution < 1.29 is 22.7 Å². The van der Waals surface area contributed by atoms with Crippen molar-refractivity contribution in [2.45, 2.75) is 4.90 Å². The van der Waals surface area contributed by atoms with Crippen LogP contribution in [0.2, 0.25) is 0 Å². The van der Waals surface area contributed by atoms with Gasteiger partial charge in [-0.05, 0) is 48.5 Å². The van der Waals surface area contributed by atoms with Crippen LogP contribution in [0, 0.1) is 0 Å². The molecule has 6 nitrogen and oxygen atoms in total. The summed E-state index contributed by atoms with van der Waals surface area (Å²) in [6.07, 6.45) is 0. The molecular formula is C22H15NO5S. The summed E-state index contributed by atoms with van der Waals surface area (Å²) in [5.74, 6) is -0.484. The summed E-state index contributed by atoms with van der Waals surface area (Å²) < 4.78 is 35.1. The van der Waals surface area contributed by atoms with E-state index < -0.39 is 15.8 Å². The molecule has 1 N–H and O–H groups in total. The first-order chi connectivity index (χ1) is 13.9. The van der Waals surface area contributed by atoms with E-state index in [2.05, 4.69) is 4.40 Å². The Balaban J connectivity index is 1.92. The van der Waals surface area contributed by atoms with Gasteiger partial charge in [0, 0.05) is 17.0 Å². The number of sulfonamides is 1. The Bertz CT molecular complexity index is 1370. The molecule has 0 unspecified atom stereocenters. The summed E-state index contributed by atoms with van der Waals surface area (Å²) in [7, 11) is -3.98. The van der Waals surface area contributed by atoms with E-state index in [1.165, 1.54) is 42.5 Å². The van der Waals surface area contributed by atoms with Gasteiger partial charge in [0.25, 0.3) is 10.0 Å². The number of carbonyl (C=O) groups is 1. The van der Waals surface area contributed by atoms with E-state index in [0.717, 1.165) is 0 Å². The van der Waals surface area contributed by atoms with Crippen molar-refractivity contribution in [1.29, 1.82) is 0 Å². The lowest BCUT2D eigenvalue weighted by Crippen LogP contribution is -2.12. The van der Waals surface area contributed by atoms with Crippen LogP contribution < -0.4 is 5.36 Å². The first-order valence-electron chi connectivity index (χ1n) is 8.67. The van der Waals surface area contributed by atoms with Crippen LogP contribution in [0.3, 0.4) is 0 Å². The number of phenols is 1. The molecule has 1 heterocycles. The van der Waals surface area contributed by atoms with Gasteiger partial charge in [0.2, 0.25) is 5.78 Å². The lowest BCUT2D eigenvalue weighted by atomic mass is 10.1. The number of para-hydroxylation sites is 1. The monoisotopic (exact) mass is 405 g/mol. The van der Waals surface area contributed by atoms with Crippen molar-refractivity contribution in [2.75, 3.05) is 0 Å². The number of benzene rings is 3. The molecule has 0 radical (unpaired) electrons. The second-order valence-electron chi connectivity index (χ2n) is 6.25. The first-order valence-corrected chi connectivity index (χ1v) is 10.1. The molecule has 3 aromatic carbocycles. The summed E-state index contributed by atoms with van der Waals surface area (Å²) in [6.45, 7) is 0. The summed E-state index contributed by atoms with van der Waals surface area (Å²) in [5, 5.41) is 9.99. The summed E-state index contributed by atoms with van der Waals surface area (Å²) in [6, 6.07) is 21.6. The fourth-order valence-corrected chi connectivity index (χ4v) is 3.85. The highest BCUT2D eigenvalue weighted by Gasteiger charge is 2.16. The molecule has 0 amide bonds. The molecule has 1 aromatic heterocycles. The molecule has 0 atom stereocenters. The van der Waals surface area contributed by atoms with Gasteiger partial charge in [-0.15, -0.1) is 0 Å². The van der Waals surface area contributed by atoms with Gasteiger partial charge in [-0.2, -0.15) is 12.8 Å². The van der Waals surface area contributed by atoms with Gasteiger partial charge < -0.3 is 9.52 Å². The third-order valence-corrected chi connectivity index (χ3v) is 5.57. The highest BCUT2D eigenvalue weighted by molar-refractivity contribution is 7.90. The van der Waals surface area contributed by atoms with Crippen molar-refractivity contribution in [3.63, 3.8) is 0 Å². The van der Waals surface area contributed by atoms with Crippen LogP contribution in [0.5, 0.6) is 5.75 Å². The molecule has 0 aliphatic carbocycles. The van der Waals surface area contributed by atoms with Crippen LogP contribution >= 0.6 is 0 Å². The van der Waals surface area contributed by atoms with E-state index in [9.17, 15) is 18.3 Å². The molecule has 0 fully saturated rings. The van der Waals surface area contributed by atoms with Crippen LogP contribution in [0.25, 0.3) is 11.0 Å². The van der Waals surface area contributed by atoms with E-state index in [4.69, 9.17) is 4.42 Å². The quantitative estimate of drug-likeness (QED) is 0.523. The predicted octanol–water partition coefficient (Wildman–Crippen LogP) is 3.66. The maximum absolute atomic E-state index is 12.8. The maximum Gasteiger partial charge on any atom is 0.282 e. The van der Waals surface area contributed by atoms with Gasteiger partial charge in [0.1, 0.15) is 11.3 Å². The zero-order chi connectivity index (χ0) is 20.4. The molecule has 0 spiro atoms. The Morgan fingerprint density at radius 1 is 0.862 bits per heavy atom. The lowest BCUT2D eigenvalue weighted by molar-refractivity contribution is 0.101. The number of hydrogen-bond acceptors (Lipinski definition) is 5. The smallest absolute Gasteiger partial charge is 0.282 e. The number of ketones is 1. The van der Waals surface area contributed by atoms with E-state index in [1.54, 1.807) is 42.5 Å². The van der Waals surface area contributed by atoms with Crippen LogP contribution in [0.1, 0.15) is 16.1 Å². The molecule has 0 bridgehead atoms. The lowest BCUT2D eigenvalue weighted by Gasteiger charge is -2.05. The van der Waals surface area contributed by atoms with Crippen LogP contribution in [0.15, 0.2) is 98.6 Å². The molecule has 144 valence electrons. The van der Waals surface area contributed by atoms with Gasteiger partial charge in [-0.25, -0.2) is 0 Å². The SMILES string of the molecule is O=C(c1ccc(O)cc1)c1cc(=NS(=O)(=O)c2ccccc2)c2ccccc2o1. The Hall–Kier alpha value is -3.71. The minimum Gasteiger partial charge on any atom is -0.508 e. The molecule has 0 aliphatic rings. The minimum atomic E-state index is -3.98. The molecule has 0 aliphatic heterocycles. The maximum atomic E-state index is 12.8. The number of phenolic OH excluding ortho intramolecular Hbond substituents is 1. The number of fused-ring (bicyclic) bond motifs is 1. The van der Waals surface area contributed by atoms with Crippen LogP contribution in [-0.2, 0) is 10.0 Å². The molecular weight excluding hydrogens is 390 g/mol. The topological polar surface area (TPSA) is 96.9 Å². The zero-order valence-electron chi connectivity index (χ0n) is 15.0. The highest BCUT2D eigenvalue weighted by Crippen LogP contribution is 2.18. The number of aromatic hydroxyl groups is 1. The predicted molar refractivity (Wildman–Crippen MR) is 107 cm³/mol. The fourth-order valence-electron chi connectivity index (χ4n) is 2.83. The van der Waals surface area contributed by atoms with Crippen LogP contribution in [0.4, 0.5) is 0 Å². The second-order valence-corrected chi connectivity index (χ2v) is 7.85. The van der Waals surface area contributed by atoms with E-state index >= 15 is 0 Å². The average molecular weight is 405 g/mol. The van der Waals surface area contributed by atoms with Gasteiger partial charge in [-0.1, -0.05) is 30.3 Å². The van der Waals surface area contributed by atoms with E-state index in [0.29, 0.717) is 16.5 Å². The average Bonchev–Trinajstić information content (AvgIpc) is 2.74. The van der Waals surface area contributed by atoms with Gasteiger partial charge >= 0.3 is 0 Å². The molecule has 0 saturated heterocycles. The third-order valence-electron chi connectivity index (χ3n) is 4.26. The number of nitrogens with zero attached hydrogens (tertiary/aromatic N) is 1. The standard InChI is InChI=1S/C22H15NO5S/c24-16-12-10-15(11-13-16)22(25)21-14-19(18-8-4-5-9-20(18)28-21)23-29(26,27)17-6-2-1-3-7-17/h1-14,24H. The van der Waals surface area contributed by atoms with E-state index in [1.807, 2.05) is 0 Å². The molecule has 4 aromatic rings. The number of rotatable bonds is 4. The Morgan fingerprint density at radius 3 is 2.24 bits per heavy atom. The molecule has 4 rings (SSSR count). The Kier molecular flexibility index (Phi) is 4.74. The highest BCUT2D eigenvalue weighted by atomic mass is 32.2. The Morgan fingerprint density at radius 2 is 1.52 bits per heavy atom. The van der Waals surface area contributed by atoms with Crippen molar-refractivity contribution in [3.8, 4) is 5.75 Å². The van der Waals surface area contributed by atoms with Crippen molar-refractivity contribution >= 4 is 26.8 Å². The fraction of sp³-hybridized carbons (Fsp3) is 0. The normalized spacial score (nSPS) is 12.2. The number of carbonyl (C=O) groups excluding carboxylic acids is 1. The van der Waals surface area contributed by atoms with Crippen molar-refractivity contribution in [1.82, 2.24) is 0 Å². The Labute approximate surface area is 166 Å². The van der Waals surface area contributed by atoms with Crippen molar-refractivity contribution in [2.24, 2.45) is 4.40 Å². The molecule has 29 heavy (non-hydrogen) atoms. The van der Waals surface area contributed by atoms with Crippen molar-refractivity contribution in [3.05, 3.63) is 102 Å².